The zero-order valence-electron chi connectivity index (χ0n) is 11.1. The number of hydrogen-bond donors (Lipinski definition) is 0. The number of carbonyl (C=O) groups is 3. The Bertz CT molecular complexity index is 584. The fourth-order valence-corrected chi connectivity index (χ4v) is 2.03. The quantitative estimate of drug-likeness (QED) is 0.481. The molecule has 0 N–H and O–H groups in total. The van der Waals surface area contributed by atoms with Crippen molar-refractivity contribution in [3.05, 3.63) is 71.8 Å². The van der Waals surface area contributed by atoms with Gasteiger partial charge in [-0.15, -0.1) is 0 Å². The van der Waals surface area contributed by atoms with E-state index in [1.165, 1.54) is 6.92 Å². The Morgan fingerprint density at radius 3 is 1.33 bits per heavy atom. The van der Waals surface area contributed by atoms with E-state index in [0.29, 0.717) is 11.1 Å². The highest BCUT2D eigenvalue weighted by Gasteiger charge is 2.32. The van der Waals surface area contributed by atoms with Crippen molar-refractivity contribution < 1.29 is 14.4 Å². The molecule has 104 valence electrons. The summed E-state index contributed by atoms with van der Waals surface area (Å²) in [5.41, 5.74) is 0.744. The van der Waals surface area contributed by atoms with Crippen LogP contribution in [0.4, 0.5) is 0 Å². The second kappa shape index (κ2) is 7.86. The fraction of sp³-hybridized carbons (Fsp3) is 0.118. The van der Waals surface area contributed by atoms with Crippen molar-refractivity contribution in [3.8, 4) is 0 Å². The summed E-state index contributed by atoms with van der Waals surface area (Å²) in [6.07, 6.45) is 0. The van der Waals surface area contributed by atoms with E-state index >= 15 is 0 Å². The average Bonchev–Trinajstić information content (AvgIpc) is 2.48. The minimum Gasteiger partial charge on any atom is -0.299 e. The van der Waals surface area contributed by atoms with E-state index in [-0.39, 0.29) is 23.1 Å². The molecule has 4 heteroatoms. The first-order chi connectivity index (χ1) is 9.61. The molecule has 0 amide bonds. The Balaban J connectivity index is 0.00000220. The van der Waals surface area contributed by atoms with Crippen molar-refractivity contribution in [2.45, 2.75) is 6.92 Å². The van der Waals surface area contributed by atoms with Crippen molar-refractivity contribution in [2.75, 3.05) is 0 Å². The lowest BCUT2D eigenvalue weighted by Gasteiger charge is -2.11. The third kappa shape index (κ3) is 4.09. The Morgan fingerprint density at radius 2 is 1.05 bits per heavy atom. The molecule has 2 aromatic carbocycles. The molecule has 0 saturated heterocycles. The van der Waals surface area contributed by atoms with Crippen LogP contribution >= 0.6 is 0 Å². The maximum atomic E-state index is 12.4. The van der Waals surface area contributed by atoms with E-state index in [1.807, 2.05) is 0 Å². The maximum absolute atomic E-state index is 12.4. The first-order valence-electron chi connectivity index (χ1n) is 6.30. The summed E-state index contributed by atoms with van der Waals surface area (Å²) in [6, 6.07) is 16.8. The Kier molecular flexibility index (Phi) is 6.46. The summed E-state index contributed by atoms with van der Waals surface area (Å²) < 4.78 is 0. The molecule has 0 aliphatic rings. The highest BCUT2D eigenvalue weighted by molar-refractivity contribution is 6.27. The normalized spacial score (nSPS) is 9.81. The molecule has 0 aromatic heterocycles. The van der Waals surface area contributed by atoms with E-state index in [4.69, 9.17) is 0 Å². The molecular formula is C17H16MgO3. The lowest BCUT2D eigenvalue weighted by atomic mass is 9.87. The van der Waals surface area contributed by atoms with Gasteiger partial charge in [0.15, 0.2) is 11.6 Å². The average molecular weight is 293 g/mol. The monoisotopic (exact) mass is 292 g/mol. The van der Waals surface area contributed by atoms with Gasteiger partial charge in [-0.3, -0.25) is 14.4 Å². The molecule has 3 nitrogen and oxygen atoms in total. The first-order valence-corrected chi connectivity index (χ1v) is 6.30. The molecule has 2 aromatic rings. The molecule has 0 heterocycles. The predicted octanol–water partition coefficient (Wildman–Crippen LogP) is 2.04. The highest BCUT2D eigenvalue weighted by atomic mass is 24.3. The van der Waals surface area contributed by atoms with Crippen LogP contribution in [-0.4, -0.2) is 40.4 Å². The SMILES string of the molecule is CC(=O)C(C(=O)c1ccccc1)C(=O)c1ccccc1.[MgH2]. The van der Waals surface area contributed by atoms with Crippen molar-refractivity contribution in [1.29, 1.82) is 0 Å². The van der Waals surface area contributed by atoms with E-state index in [2.05, 4.69) is 0 Å². The maximum Gasteiger partial charge on any atom is 0.316 e. The zero-order valence-corrected chi connectivity index (χ0v) is 11.1. The Hall–Kier alpha value is -1.78. The second-order valence-electron chi connectivity index (χ2n) is 4.50. The van der Waals surface area contributed by atoms with E-state index in [1.54, 1.807) is 60.7 Å². The van der Waals surface area contributed by atoms with Crippen LogP contribution in [0.5, 0.6) is 0 Å². The number of hydrogen-bond acceptors (Lipinski definition) is 3. The zero-order chi connectivity index (χ0) is 14.5. The predicted molar refractivity (Wildman–Crippen MR) is 84.3 cm³/mol. The van der Waals surface area contributed by atoms with Gasteiger partial charge in [-0.1, -0.05) is 60.7 Å². The van der Waals surface area contributed by atoms with Crippen LogP contribution in [0, 0.1) is 5.92 Å². The molecule has 0 fully saturated rings. The Labute approximate surface area is 139 Å². The minimum absolute atomic E-state index is 0. The molecule has 0 unspecified atom stereocenters. The molecule has 0 bridgehead atoms. The van der Waals surface area contributed by atoms with E-state index in [9.17, 15) is 14.4 Å². The van der Waals surface area contributed by atoms with E-state index in [0.717, 1.165) is 0 Å². The van der Waals surface area contributed by atoms with Gasteiger partial charge in [0.2, 0.25) is 0 Å². The summed E-state index contributed by atoms with van der Waals surface area (Å²) in [5, 5.41) is 0. The van der Waals surface area contributed by atoms with Crippen molar-refractivity contribution in [3.63, 3.8) is 0 Å². The van der Waals surface area contributed by atoms with Gasteiger partial charge in [0.1, 0.15) is 11.7 Å². The molecule has 2 rings (SSSR count). The number of ketones is 3. The summed E-state index contributed by atoms with van der Waals surface area (Å²) in [6.45, 7) is 1.27. The van der Waals surface area contributed by atoms with Crippen LogP contribution in [0.25, 0.3) is 0 Å². The third-order valence-corrected chi connectivity index (χ3v) is 3.05. The molecule has 0 aliphatic heterocycles. The van der Waals surface area contributed by atoms with Gasteiger partial charge in [-0.2, -0.15) is 0 Å². The summed E-state index contributed by atoms with van der Waals surface area (Å²) in [4.78, 5) is 36.5. The summed E-state index contributed by atoms with van der Waals surface area (Å²) >= 11 is 0. The lowest BCUT2D eigenvalue weighted by Crippen LogP contribution is -2.30. The van der Waals surface area contributed by atoms with Crippen molar-refractivity contribution in [2.24, 2.45) is 5.92 Å². The van der Waals surface area contributed by atoms with Crippen molar-refractivity contribution >= 4 is 40.4 Å². The number of carbonyl (C=O) groups excluding carboxylic acids is 3. The van der Waals surface area contributed by atoms with Gasteiger partial charge in [0.05, 0.1) is 0 Å². The summed E-state index contributed by atoms with van der Waals surface area (Å²) in [7, 11) is 0. The number of Topliss-reactive ketones (excluding diaryl/α,β-unsaturated/α-hetero) is 3. The standard InChI is InChI=1S/C17H14O3.Mg.2H/c1-12(18)15(16(19)13-8-4-2-5-9-13)17(20)14-10-6-3-7-11-14;;;/h2-11,15H,1H3;;;. The summed E-state index contributed by atoms with van der Waals surface area (Å²) in [5.74, 6) is -2.61. The molecule has 0 atom stereocenters. The van der Waals surface area contributed by atoms with Crippen LogP contribution in [0.1, 0.15) is 27.6 Å². The van der Waals surface area contributed by atoms with Gasteiger partial charge >= 0.3 is 23.1 Å². The second-order valence-corrected chi connectivity index (χ2v) is 4.50. The molecule has 0 spiro atoms. The first kappa shape index (κ1) is 17.3. The largest absolute Gasteiger partial charge is 0.316 e. The van der Waals surface area contributed by atoms with Crippen LogP contribution in [0.2, 0.25) is 0 Å². The fourth-order valence-electron chi connectivity index (χ4n) is 2.03. The smallest absolute Gasteiger partial charge is 0.299 e. The Morgan fingerprint density at radius 1 is 0.714 bits per heavy atom. The number of benzene rings is 2. The van der Waals surface area contributed by atoms with Gasteiger partial charge in [-0.25, -0.2) is 0 Å². The van der Waals surface area contributed by atoms with Crippen molar-refractivity contribution in [1.82, 2.24) is 0 Å². The van der Waals surface area contributed by atoms with Crippen LogP contribution in [0.15, 0.2) is 60.7 Å². The van der Waals surface area contributed by atoms with Crippen LogP contribution < -0.4 is 0 Å². The molecule has 0 radical (unpaired) electrons. The topological polar surface area (TPSA) is 51.2 Å². The third-order valence-electron chi connectivity index (χ3n) is 3.05. The molecular weight excluding hydrogens is 276 g/mol. The molecule has 21 heavy (non-hydrogen) atoms. The lowest BCUT2D eigenvalue weighted by molar-refractivity contribution is -0.118. The van der Waals surface area contributed by atoms with E-state index < -0.39 is 23.3 Å². The van der Waals surface area contributed by atoms with Gasteiger partial charge < -0.3 is 0 Å². The van der Waals surface area contributed by atoms with Gasteiger partial charge in [0, 0.05) is 11.1 Å². The number of rotatable bonds is 5. The molecule has 0 aliphatic carbocycles. The van der Waals surface area contributed by atoms with Gasteiger partial charge in [-0.05, 0) is 6.92 Å². The molecule has 0 saturated carbocycles. The minimum atomic E-state index is -1.26. The van der Waals surface area contributed by atoms with Crippen LogP contribution in [0.3, 0.4) is 0 Å². The van der Waals surface area contributed by atoms with Crippen LogP contribution in [-0.2, 0) is 4.79 Å². The highest BCUT2D eigenvalue weighted by Crippen LogP contribution is 2.16. The van der Waals surface area contributed by atoms with Gasteiger partial charge in [0.25, 0.3) is 0 Å².